The minimum Gasteiger partial charge on any atom is -0.475 e. The van der Waals surface area contributed by atoms with Crippen molar-refractivity contribution in [3.63, 3.8) is 0 Å². The van der Waals surface area contributed by atoms with Crippen molar-refractivity contribution in [2.24, 2.45) is 5.92 Å². The molecule has 2 aromatic heterocycles. The maximum atomic E-state index is 10.6. The second-order valence-corrected chi connectivity index (χ2v) is 8.78. The Labute approximate surface area is 219 Å². The molecular weight excluding hydrogens is 540 g/mol. The number of nitrogens with zero attached hydrogens (tertiary/aromatic N) is 4. The van der Waals surface area contributed by atoms with Gasteiger partial charge >= 0.3 is 24.3 Å². The summed E-state index contributed by atoms with van der Waals surface area (Å²) in [6, 6.07) is 5.97. The predicted octanol–water partition coefficient (Wildman–Crippen LogP) is 3.66. The van der Waals surface area contributed by atoms with E-state index < -0.39 is 24.3 Å². The highest BCUT2D eigenvalue weighted by atomic mass is 19.4. The van der Waals surface area contributed by atoms with Crippen LogP contribution in [0.15, 0.2) is 36.8 Å². The second-order valence-electron chi connectivity index (χ2n) is 8.78. The monoisotopic (exact) mass is 569 g/mol. The molecule has 10 nitrogen and oxygen atoms in total. The van der Waals surface area contributed by atoms with Crippen LogP contribution in [0.4, 0.5) is 32.2 Å². The largest absolute Gasteiger partial charge is 0.490 e. The van der Waals surface area contributed by atoms with Crippen molar-refractivity contribution in [3.05, 3.63) is 42.4 Å². The summed E-state index contributed by atoms with van der Waals surface area (Å²) < 4.78 is 71.6. The number of aliphatic carboxylic acids is 2. The first-order chi connectivity index (χ1) is 18.2. The lowest BCUT2D eigenvalue weighted by molar-refractivity contribution is -0.193. The highest BCUT2D eigenvalue weighted by Crippen LogP contribution is 2.42. The summed E-state index contributed by atoms with van der Waals surface area (Å²) in [5.74, 6) is -3.92. The van der Waals surface area contributed by atoms with E-state index in [2.05, 4.69) is 33.4 Å². The number of anilines is 1. The van der Waals surface area contributed by atoms with E-state index in [1.165, 1.54) is 12.0 Å². The lowest BCUT2D eigenvalue weighted by atomic mass is 9.79. The number of aromatic nitrogens is 3. The molecule has 2 aromatic rings. The average molecular weight is 570 g/mol. The van der Waals surface area contributed by atoms with Crippen molar-refractivity contribution >= 4 is 17.8 Å². The highest BCUT2D eigenvalue weighted by Gasteiger charge is 2.52. The van der Waals surface area contributed by atoms with E-state index in [0.717, 1.165) is 51.6 Å². The van der Waals surface area contributed by atoms with Crippen LogP contribution >= 0.6 is 0 Å². The van der Waals surface area contributed by atoms with Crippen molar-refractivity contribution in [2.45, 2.75) is 50.8 Å². The summed E-state index contributed by atoms with van der Waals surface area (Å²) in [6.45, 7) is 7.96. The lowest BCUT2D eigenvalue weighted by Crippen LogP contribution is -2.64. The Bertz CT molecular complexity index is 1030. The maximum Gasteiger partial charge on any atom is 0.490 e. The number of halogens is 6. The van der Waals surface area contributed by atoms with E-state index in [-0.39, 0.29) is 5.60 Å². The van der Waals surface area contributed by atoms with E-state index in [1.54, 1.807) is 0 Å². The Morgan fingerprint density at radius 1 is 1.13 bits per heavy atom. The van der Waals surface area contributed by atoms with Gasteiger partial charge in [0, 0.05) is 57.3 Å². The van der Waals surface area contributed by atoms with Gasteiger partial charge in [0.15, 0.2) is 0 Å². The average Bonchev–Trinajstić information content (AvgIpc) is 3.46. The predicted molar refractivity (Wildman–Crippen MR) is 125 cm³/mol. The van der Waals surface area contributed by atoms with Gasteiger partial charge in [0.2, 0.25) is 0 Å². The summed E-state index contributed by atoms with van der Waals surface area (Å²) in [6.07, 6.45) is -1.90. The summed E-state index contributed by atoms with van der Waals surface area (Å²) in [5.41, 5.74) is 1.37. The molecule has 16 heteroatoms. The fraction of sp³-hybridized carbons (Fsp3) is 0.565. The van der Waals surface area contributed by atoms with Gasteiger partial charge in [-0.1, -0.05) is 6.07 Å². The SMILES string of the molecule is CCn1cc(CN2CC3(C2)OCCC3CCNc2ccccn2)cn1.O=C(O)C(F)(F)F.O=C(O)C(F)(F)F. The number of carboxylic acid groups (broad SMARTS) is 2. The van der Waals surface area contributed by atoms with Crippen LogP contribution in [0.5, 0.6) is 0 Å². The molecule has 39 heavy (non-hydrogen) atoms. The van der Waals surface area contributed by atoms with Crippen molar-refractivity contribution < 1.29 is 50.9 Å². The summed E-state index contributed by atoms with van der Waals surface area (Å²) >= 11 is 0. The molecule has 0 radical (unpaired) electrons. The third kappa shape index (κ3) is 10.0. The molecular formula is C23H29F6N5O5. The number of aryl methyl sites for hydroxylation is 1. The smallest absolute Gasteiger partial charge is 0.475 e. The molecule has 3 N–H and O–H groups in total. The van der Waals surface area contributed by atoms with Crippen LogP contribution in [0.25, 0.3) is 0 Å². The Morgan fingerprint density at radius 3 is 2.23 bits per heavy atom. The van der Waals surface area contributed by atoms with E-state index in [4.69, 9.17) is 24.5 Å². The van der Waals surface area contributed by atoms with Gasteiger partial charge in [-0.3, -0.25) is 9.58 Å². The van der Waals surface area contributed by atoms with E-state index in [9.17, 15) is 26.3 Å². The van der Waals surface area contributed by atoms with Gasteiger partial charge in [0.05, 0.1) is 11.8 Å². The molecule has 1 spiro atoms. The highest BCUT2D eigenvalue weighted by molar-refractivity contribution is 5.73. The molecule has 4 heterocycles. The van der Waals surface area contributed by atoms with E-state index >= 15 is 0 Å². The zero-order chi connectivity index (χ0) is 29.3. The number of likely N-dealkylation sites (tertiary alicyclic amines) is 1. The zero-order valence-electron chi connectivity index (χ0n) is 20.9. The van der Waals surface area contributed by atoms with E-state index in [1.807, 2.05) is 35.3 Å². The van der Waals surface area contributed by atoms with Crippen LogP contribution in [0.1, 0.15) is 25.3 Å². The van der Waals surface area contributed by atoms with Crippen LogP contribution in [-0.4, -0.2) is 86.0 Å². The van der Waals surface area contributed by atoms with Crippen molar-refractivity contribution in [1.29, 1.82) is 0 Å². The molecule has 0 saturated carbocycles. The first-order valence-corrected chi connectivity index (χ1v) is 11.8. The fourth-order valence-electron chi connectivity index (χ4n) is 4.13. The number of hydrogen-bond donors (Lipinski definition) is 3. The number of carbonyl (C=O) groups is 2. The topological polar surface area (TPSA) is 130 Å². The first-order valence-electron chi connectivity index (χ1n) is 11.8. The molecule has 2 fully saturated rings. The van der Waals surface area contributed by atoms with Gasteiger partial charge < -0.3 is 20.3 Å². The first kappa shape index (κ1) is 31.8. The second kappa shape index (κ2) is 13.6. The molecule has 2 saturated heterocycles. The number of alkyl halides is 6. The molecule has 1 unspecified atom stereocenters. The molecule has 1 atom stereocenters. The van der Waals surface area contributed by atoms with Gasteiger partial charge in [-0.2, -0.15) is 31.4 Å². The van der Waals surface area contributed by atoms with Crippen molar-refractivity contribution in [2.75, 3.05) is 31.6 Å². The summed E-state index contributed by atoms with van der Waals surface area (Å²) in [7, 11) is 0. The molecule has 0 amide bonds. The van der Waals surface area contributed by atoms with Crippen LogP contribution in [0.2, 0.25) is 0 Å². The third-order valence-corrected chi connectivity index (χ3v) is 5.95. The molecule has 0 bridgehead atoms. The normalized spacial score (nSPS) is 18.3. The molecule has 0 aliphatic carbocycles. The Balaban J connectivity index is 0.000000317. The number of nitrogens with one attached hydrogen (secondary N) is 1. The minimum atomic E-state index is -5.08. The van der Waals surface area contributed by atoms with E-state index in [0.29, 0.717) is 5.92 Å². The van der Waals surface area contributed by atoms with Gasteiger partial charge in [-0.05, 0) is 37.8 Å². The molecule has 218 valence electrons. The van der Waals surface area contributed by atoms with Gasteiger partial charge in [-0.15, -0.1) is 0 Å². The van der Waals surface area contributed by atoms with Gasteiger partial charge in [0.25, 0.3) is 0 Å². The van der Waals surface area contributed by atoms with Crippen LogP contribution in [0.3, 0.4) is 0 Å². The molecule has 4 rings (SSSR count). The maximum absolute atomic E-state index is 10.6. The standard InChI is InChI=1S/C19H27N5O.2C2HF3O2/c1-2-24-13-16(11-22-24)12-23-14-19(15-23)17(7-10-25-19)6-9-21-18-5-3-4-8-20-18;2*3-2(4,5)1(6)7/h3-5,8,11,13,17H,2,6-7,9-10,12,14-15H2,1H3,(H,20,21);2*(H,6,7). The number of rotatable bonds is 7. The number of ether oxygens (including phenoxy) is 1. The third-order valence-electron chi connectivity index (χ3n) is 5.95. The number of hydrogen-bond acceptors (Lipinski definition) is 7. The zero-order valence-corrected chi connectivity index (χ0v) is 20.9. The molecule has 2 aliphatic rings. The van der Waals surface area contributed by atoms with Crippen LogP contribution in [-0.2, 0) is 27.4 Å². The van der Waals surface area contributed by atoms with Gasteiger partial charge in [-0.25, -0.2) is 14.6 Å². The van der Waals surface area contributed by atoms with Gasteiger partial charge in [0.1, 0.15) is 5.82 Å². The molecule has 2 aliphatic heterocycles. The molecule has 0 aromatic carbocycles. The number of pyridine rings is 1. The Morgan fingerprint density at radius 2 is 1.74 bits per heavy atom. The Hall–Kier alpha value is -3.40. The van der Waals surface area contributed by atoms with Crippen molar-refractivity contribution in [3.8, 4) is 0 Å². The van der Waals surface area contributed by atoms with Crippen molar-refractivity contribution in [1.82, 2.24) is 19.7 Å². The van der Waals surface area contributed by atoms with Crippen LogP contribution in [0, 0.1) is 5.92 Å². The number of carboxylic acids is 2. The minimum absolute atomic E-state index is 0.0759. The summed E-state index contributed by atoms with van der Waals surface area (Å²) in [4.78, 5) is 24.6. The summed E-state index contributed by atoms with van der Waals surface area (Å²) in [5, 5.41) is 22.0. The Kier molecular flexibility index (Phi) is 11.1. The fourth-order valence-corrected chi connectivity index (χ4v) is 4.13. The van der Waals surface area contributed by atoms with Crippen LogP contribution < -0.4 is 5.32 Å². The lowest BCUT2D eigenvalue weighted by Gasteiger charge is -2.50. The quantitative estimate of drug-likeness (QED) is 0.428.